The molecule has 102 valence electrons. The Hall–Kier alpha value is -2.11. The molecule has 0 aliphatic rings. The minimum atomic E-state index is -0.194. The molecular weight excluding hydrogens is 249 g/mol. The second-order valence-electron chi connectivity index (χ2n) is 5.04. The summed E-state index contributed by atoms with van der Waals surface area (Å²) in [5.74, 6) is 6.05. The van der Waals surface area contributed by atoms with E-state index in [9.17, 15) is 4.39 Å². The predicted octanol–water partition coefficient (Wildman–Crippen LogP) is 3.33. The van der Waals surface area contributed by atoms with Gasteiger partial charge in [-0.1, -0.05) is 36.1 Å². The van der Waals surface area contributed by atoms with Gasteiger partial charge in [-0.15, -0.1) is 0 Å². The lowest BCUT2D eigenvalue weighted by Crippen LogP contribution is -2.10. The van der Waals surface area contributed by atoms with E-state index in [0.717, 1.165) is 24.1 Å². The Morgan fingerprint density at radius 2 is 1.45 bits per heavy atom. The van der Waals surface area contributed by atoms with Crippen molar-refractivity contribution >= 4 is 0 Å². The van der Waals surface area contributed by atoms with Crippen LogP contribution >= 0.6 is 0 Å². The van der Waals surface area contributed by atoms with Crippen molar-refractivity contribution < 1.29 is 4.39 Å². The molecule has 0 spiro atoms. The highest BCUT2D eigenvalue weighted by Crippen LogP contribution is 2.11. The summed E-state index contributed by atoms with van der Waals surface area (Å²) in [5, 5.41) is 0. The highest BCUT2D eigenvalue weighted by molar-refractivity contribution is 5.37. The molecule has 0 saturated carbocycles. The van der Waals surface area contributed by atoms with Crippen molar-refractivity contribution in [2.75, 3.05) is 20.6 Å². The number of hydrogen-bond acceptors (Lipinski definition) is 1. The van der Waals surface area contributed by atoms with Crippen LogP contribution in [0.2, 0.25) is 0 Å². The highest BCUT2D eigenvalue weighted by Gasteiger charge is 1.97. The van der Waals surface area contributed by atoms with E-state index in [1.54, 1.807) is 0 Å². The summed E-state index contributed by atoms with van der Waals surface area (Å²) in [6, 6.07) is 14.8. The summed E-state index contributed by atoms with van der Waals surface area (Å²) in [4.78, 5) is 2.04. The zero-order valence-electron chi connectivity index (χ0n) is 11.9. The number of hydrogen-bond donors (Lipinski definition) is 0. The number of benzene rings is 2. The van der Waals surface area contributed by atoms with Gasteiger partial charge in [0.05, 0.1) is 6.54 Å². The lowest BCUT2D eigenvalue weighted by atomic mass is 10.0. The monoisotopic (exact) mass is 267 g/mol. The van der Waals surface area contributed by atoms with Gasteiger partial charge in [0.1, 0.15) is 5.82 Å². The molecule has 0 atom stereocenters. The van der Waals surface area contributed by atoms with Gasteiger partial charge in [0, 0.05) is 5.56 Å². The maximum Gasteiger partial charge on any atom is 0.123 e. The summed E-state index contributed by atoms with van der Waals surface area (Å²) in [7, 11) is 4.00. The molecule has 0 heterocycles. The van der Waals surface area contributed by atoms with Gasteiger partial charge < -0.3 is 0 Å². The summed E-state index contributed by atoms with van der Waals surface area (Å²) < 4.78 is 12.8. The number of rotatable bonds is 3. The minimum absolute atomic E-state index is 0.194. The molecule has 2 rings (SSSR count). The molecule has 2 heteroatoms. The molecule has 0 amide bonds. The quantitative estimate of drug-likeness (QED) is 0.771. The topological polar surface area (TPSA) is 3.24 Å². The van der Waals surface area contributed by atoms with E-state index in [0.29, 0.717) is 0 Å². The van der Waals surface area contributed by atoms with Gasteiger partial charge in [0.15, 0.2) is 0 Å². The Kier molecular flexibility index (Phi) is 4.92. The van der Waals surface area contributed by atoms with Crippen molar-refractivity contribution in [3.05, 3.63) is 71.0 Å². The molecule has 0 saturated heterocycles. The molecular formula is C18H18FN. The second kappa shape index (κ2) is 6.88. The Morgan fingerprint density at radius 1 is 0.900 bits per heavy atom. The van der Waals surface area contributed by atoms with Crippen LogP contribution in [0.15, 0.2) is 48.5 Å². The van der Waals surface area contributed by atoms with E-state index in [-0.39, 0.29) is 5.82 Å². The van der Waals surface area contributed by atoms with Crippen LogP contribution in [0.1, 0.15) is 16.7 Å². The largest absolute Gasteiger partial charge is 0.299 e. The zero-order chi connectivity index (χ0) is 14.4. The van der Waals surface area contributed by atoms with Crippen LogP contribution < -0.4 is 0 Å². The average Bonchev–Trinajstić information content (AvgIpc) is 2.43. The molecule has 1 nitrogen and oxygen atoms in total. The Bertz CT molecular complexity index is 601. The lowest BCUT2D eigenvalue weighted by molar-refractivity contribution is 0.464. The van der Waals surface area contributed by atoms with Crippen molar-refractivity contribution in [3.8, 4) is 11.8 Å². The van der Waals surface area contributed by atoms with Gasteiger partial charge in [0.2, 0.25) is 0 Å². The maximum atomic E-state index is 12.8. The standard InChI is InChI=1S/C18H18FN/c1-20(2)13-3-4-15-5-7-16(8-6-15)14-17-9-11-18(19)12-10-17/h5-12H,13-14H2,1-2H3. The molecule has 0 aliphatic carbocycles. The molecule has 0 radical (unpaired) electrons. The first kappa shape index (κ1) is 14.3. The third-order valence-electron chi connectivity index (χ3n) is 2.90. The van der Waals surface area contributed by atoms with E-state index >= 15 is 0 Å². The maximum absolute atomic E-state index is 12.8. The summed E-state index contributed by atoms with van der Waals surface area (Å²) in [5.41, 5.74) is 3.34. The SMILES string of the molecule is CN(C)CC#Cc1ccc(Cc2ccc(F)cc2)cc1. The van der Waals surface area contributed by atoms with Crippen LogP contribution in [0, 0.1) is 17.7 Å². The summed E-state index contributed by atoms with van der Waals surface area (Å²) in [6.45, 7) is 0.761. The minimum Gasteiger partial charge on any atom is -0.299 e. The van der Waals surface area contributed by atoms with Gasteiger partial charge in [-0.25, -0.2) is 4.39 Å². The second-order valence-corrected chi connectivity index (χ2v) is 5.04. The van der Waals surface area contributed by atoms with Crippen molar-refractivity contribution in [2.45, 2.75) is 6.42 Å². The van der Waals surface area contributed by atoms with Gasteiger partial charge in [-0.05, 0) is 55.9 Å². The molecule has 0 bridgehead atoms. The first-order chi connectivity index (χ1) is 9.63. The van der Waals surface area contributed by atoms with E-state index in [1.807, 2.05) is 43.3 Å². The summed E-state index contributed by atoms with van der Waals surface area (Å²) in [6.07, 6.45) is 0.811. The van der Waals surface area contributed by atoms with Gasteiger partial charge in [-0.3, -0.25) is 4.90 Å². The first-order valence-corrected chi connectivity index (χ1v) is 6.60. The van der Waals surface area contributed by atoms with E-state index in [4.69, 9.17) is 0 Å². The molecule has 0 aromatic heterocycles. The zero-order valence-corrected chi connectivity index (χ0v) is 11.9. The molecule has 2 aromatic rings. The molecule has 0 aliphatic heterocycles. The molecule has 0 N–H and O–H groups in total. The first-order valence-electron chi connectivity index (χ1n) is 6.60. The van der Waals surface area contributed by atoms with Crippen LogP contribution in [0.3, 0.4) is 0 Å². The van der Waals surface area contributed by atoms with Crippen molar-refractivity contribution in [1.29, 1.82) is 0 Å². The van der Waals surface area contributed by atoms with E-state index in [1.165, 1.54) is 17.7 Å². The van der Waals surface area contributed by atoms with Crippen LogP contribution in [-0.4, -0.2) is 25.5 Å². The van der Waals surface area contributed by atoms with Crippen LogP contribution in [0.4, 0.5) is 4.39 Å². The van der Waals surface area contributed by atoms with Crippen LogP contribution in [0.25, 0.3) is 0 Å². The van der Waals surface area contributed by atoms with Crippen molar-refractivity contribution in [2.24, 2.45) is 0 Å². The van der Waals surface area contributed by atoms with Gasteiger partial charge in [0.25, 0.3) is 0 Å². The Balaban J connectivity index is 2.00. The van der Waals surface area contributed by atoms with Crippen LogP contribution in [0.5, 0.6) is 0 Å². The Morgan fingerprint density at radius 3 is 2.00 bits per heavy atom. The van der Waals surface area contributed by atoms with Crippen molar-refractivity contribution in [3.63, 3.8) is 0 Å². The Labute approximate surface area is 120 Å². The third-order valence-corrected chi connectivity index (χ3v) is 2.90. The average molecular weight is 267 g/mol. The van der Waals surface area contributed by atoms with E-state index in [2.05, 4.69) is 24.0 Å². The van der Waals surface area contributed by atoms with Gasteiger partial charge >= 0.3 is 0 Å². The number of halogens is 1. The highest BCUT2D eigenvalue weighted by atomic mass is 19.1. The predicted molar refractivity (Wildman–Crippen MR) is 81.1 cm³/mol. The molecule has 2 aromatic carbocycles. The fourth-order valence-corrected chi connectivity index (χ4v) is 1.84. The smallest absolute Gasteiger partial charge is 0.123 e. The van der Waals surface area contributed by atoms with E-state index < -0.39 is 0 Å². The lowest BCUT2D eigenvalue weighted by Gasteiger charge is -2.03. The third kappa shape index (κ3) is 4.53. The number of nitrogens with zero attached hydrogens (tertiary/aromatic N) is 1. The van der Waals surface area contributed by atoms with Gasteiger partial charge in [-0.2, -0.15) is 0 Å². The molecule has 0 unspecified atom stereocenters. The fraction of sp³-hybridized carbons (Fsp3) is 0.222. The van der Waals surface area contributed by atoms with Crippen LogP contribution in [-0.2, 0) is 6.42 Å². The molecule has 20 heavy (non-hydrogen) atoms. The fourth-order valence-electron chi connectivity index (χ4n) is 1.84. The van der Waals surface area contributed by atoms with Crippen molar-refractivity contribution in [1.82, 2.24) is 4.90 Å². The summed E-state index contributed by atoms with van der Waals surface area (Å²) >= 11 is 0. The normalized spacial score (nSPS) is 10.2. The molecule has 0 fully saturated rings.